The van der Waals surface area contributed by atoms with E-state index in [4.69, 9.17) is 13.0 Å². The van der Waals surface area contributed by atoms with Crippen LogP contribution in [-0.4, -0.2) is 17.9 Å². The predicted octanol–water partition coefficient (Wildman–Crippen LogP) is 1.62. The van der Waals surface area contributed by atoms with Crippen LogP contribution in [0.4, 0.5) is 5.69 Å². The van der Waals surface area contributed by atoms with Crippen LogP contribution >= 0.6 is 10.7 Å². The number of halogens is 1. The van der Waals surface area contributed by atoms with Gasteiger partial charge in [0.1, 0.15) is 0 Å². The standard InChI is InChI=1S/C6H5NO2.ClHO3S/c8-7(9)6-4-2-1-3-5-6;1-5(2,3)4/h1-5H;(H,2,3,4). The van der Waals surface area contributed by atoms with Crippen LogP contribution in [0.3, 0.4) is 0 Å². The van der Waals surface area contributed by atoms with Gasteiger partial charge < -0.3 is 0 Å². The largest absolute Gasteiger partial charge is 0.353 e. The number of rotatable bonds is 1. The number of nitro benzene ring substituents is 1. The van der Waals surface area contributed by atoms with Gasteiger partial charge in [-0.1, -0.05) is 18.2 Å². The molecule has 1 N–H and O–H groups in total. The highest BCUT2D eigenvalue weighted by atomic mass is 35.7. The van der Waals surface area contributed by atoms with Crippen molar-refractivity contribution in [1.29, 1.82) is 0 Å². The summed E-state index contributed by atoms with van der Waals surface area (Å²) in [5.41, 5.74) is 0.137. The predicted molar refractivity (Wildman–Crippen MR) is 50.5 cm³/mol. The van der Waals surface area contributed by atoms with E-state index in [-0.39, 0.29) is 5.69 Å². The van der Waals surface area contributed by atoms with Gasteiger partial charge in [0.05, 0.1) is 4.92 Å². The van der Waals surface area contributed by atoms with Crippen molar-refractivity contribution in [2.75, 3.05) is 0 Å². The molecule has 0 saturated heterocycles. The molecule has 0 saturated carbocycles. The van der Waals surface area contributed by atoms with E-state index in [0.29, 0.717) is 0 Å². The second kappa shape index (κ2) is 5.53. The summed E-state index contributed by atoms with van der Waals surface area (Å²) in [6.45, 7) is 0. The lowest BCUT2D eigenvalue weighted by Gasteiger charge is -1.85. The molecule has 0 aliphatic carbocycles. The maximum atomic E-state index is 10.0. The van der Waals surface area contributed by atoms with E-state index in [2.05, 4.69) is 10.7 Å². The van der Waals surface area contributed by atoms with Crippen LogP contribution in [0.25, 0.3) is 0 Å². The van der Waals surface area contributed by atoms with E-state index in [1.807, 2.05) is 0 Å². The minimum atomic E-state index is -4.19. The Labute approximate surface area is 84.5 Å². The van der Waals surface area contributed by atoms with Crippen LogP contribution in [0.2, 0.25) is 0 Å². The van der Waals surface area contributed by atoms with Crippen LogP contribution in [0.1, 0.15) is 0 Å². The van der Waals surface area contributed by atoms with Gasteiger partial charge in [0.15, 0.2) is 0 Å². The van der Waals surface area contributed by atoms with Crippen molar-refractivity contribution < 1.29 is 17.9 Å². The number of hydrogen-bond acceptors (Lipinski definition) is 4. The molecule has 0 amide bonds. The molecule has 6 nitrogen and oxygen atoms in total. The average molecular weight is 240 g/mol. The Bertz CT molecular complexity index is 382. The number of nitro groups is 1. The van der Waals surface area contributed by atoms with Gasteiger partial charge in [-0.2, -0.15) is 8.42 Å². The third-order valence-corrected chi connectivity index (χ3v) is 0.967. The minimum Gasteiger partial charge on any atom is -0.273 e. The molecular weight excluding hydrogens is 234 g/mol. The van der Waals surface area contributed by atoms with E-state index in [1.165, 1.54) is 12.1 Å². The second-order valence-corrected chi connectivity index (χ2v) is 4.00. The second-order valence-electron chi connectivity index (χ2n) is 2.00. The zero-order chi connectivity index (χ0) is 11.2. The molecule has 8 heteroatoms. The molecule has 0 fully saturated rings. The summed E-state index contributed by atoms with van der Waals surface area (Å²) in [5, 5.41) is 10.0. The lowest BCUT2D eigenvalue weighted by Crippen LogP contribution is -1.84. The fraction of sp³-hybridized carbons (Fsp3) is 0. The van der Waals surface area contributed by atoms with Crippen LogP contribution in [-0.2, 0) is 9.33 Å². The molecule has 14 heavy (non-hydrogen) atoms. The Morgan fingerprint density at radius 3 is 1.86 bits per heavy atom. The summed E-state index contributed by atoms with van der Waals surface area (Å²) in [7, 11) is -0.137. The van der Waals surface area contributed by atoms with Gasteiger partial charge in [-0.15, -0.1) is 0 Å². The molecule has 0 spiro atoms. The van der Waals surface area contributed by atoms with Gasteiger partial charge in [0, 0.05) is 22.8 Å². The number of nitrogens with zero attached hydrogens (tertiary/aromatic N) is 1. The van der Waals surface area contributed by atoms with Gasteiger partial charge in [-0.25, -0.2) is 0 Å². The van der Waals surface area contributed by atoms with E-state index >= 15 is 0 Å². The van der Waals surface area contributed by atoms with Crippen molar-refractivity contribution in [2.24, 2.45) is 0 Å². The summed E-state index contributed by atoms with van der Waals surface area (Å²) < 4.78 is 25.2. The van der Waals surface area contributed by atoms with E-state index in [1.54, 1.807) is 18.2 Å². The molecule has 1 aromatic rings. The van der Waals surface area contributed by atoms with Crippen molar-refractivity contribution in [3.05, 3.63) is 40.4 Å². The molecule has 0 unspecified atom stereocenters. The van der Waals surface area contributed by atoms with E-state index in [0.717, 1.165) is 0 Å². The monoisotopic (exact) mass is 239 g/mol. The quantitative estimate of drug-likeness (QED) is 0.348. The SMILES string of the molecule is O=S(=O)(O)Cl.O=[N+]([O-])c1ccccc1. The van der Waals surface area contributed by atoms with Gasteiger partial charge in [-0.05, 0) is 0 Å². The Hall–Kier alpha value is -1.18. The molecule has 0 bridgehead atoms. The third-order valence-electron chi connectivity index (χ3n) is 0.967. The number of para-hydroxylation sites is 1. The first-order valence-corrected chi connectivity index (χ1v) is 5.44. The summed E-state index contributed by atoms with van der Waals surface area (Å²) in [4.78, 5) is 9.59. The highest BCUT2D eigenvalue weighted by Gasteiger charge is 1.98. The lowest BCUT2D eigenvalue weighted by molar-refractivity contribution is -0.384. The fourth-order valence-corrected chi connectivity index (χ4v) is 0.550. The molecule has 0 aliphatic rings. The first-order valence-electron chi connectivity index (χ1n) is 3.17. The van der Waals surface area contributed by atoms with Crippen molar-refractivity contribution in [3.63, 3.8) is 0 Å². The number of non-ortho nitro benzene ring substituents is 1. The van der Waals surface area contributed by atoms with Gasteiger partial charge in [-0.3, -0.25) is 14.7 Å². The fourth-order valence-electron chi connectivity index (χ4n) is 0.550. The maximum Gasteiger partial charge on any atom is 0.353 e. The van der Waals surface area contributed by atoms with Crippen molar-refractivity contribution >= 4 is 25.7 Å². The van der Waals surface area contributed by atoms with E-state index < -0.39 is 14.3 Å². The highest BCUT2D eigenvalue weighted by molar-refractivity contribution is 8.09. The molecule has 0 aromatic heterocycles. The highest BCUT2D eigenvalue weighted by Crippen LogP contribution is 2.06. The zero-order valence-corrected chi connectivity index (χ0v) is 8.27. The topological polar surface area (TPSA) is 97.5 Å². The molecule has 0 radical (unpaired) electrons. The summed E-state index contributed by atoms with van der Waals surface area (Å²) in [6.07, 6.45) is 0. The van der Waals surface area contributed by atoms with Crippen molar-refractivity contribution in [2.45, 2.75) is 0 Å². The van der Waals surface area contributed by atoms with Crippen LogP contribution in [0, 0.1) is 10.1 Å². The molecule has 1 aromatic carbocycles. The van der Waals surface area contributed by atoms with Crippen molar-refractivity contribution in [3.8, 4) is 0 Å². The Kier molecular flexibility index (Phi) is 5.06. The Morgan fingerprint density at radius 2 is 1.64 bits per heavy atom. The average Bonchev–Trinajstić information content (AvgIpc) is 2.03. The number of hydrogen-bond donors (Lipinski definition) is 1. The van der Waals surface area contributed by atoms with Gasteiger partial charge >= 0.3 is 9.33 Å². The summed E-state index contributed by atoms with van der Waals surface area (Å²) in [5.74, 6) is 0. The maximum absolute atomic E-state index is 10.0. The minimum absolute atomic E-state index is 0.137. The normalized spacial score (nSPS) is 9.86. The first kappa shape index (κ1) is 12.8. The van der Waals surface area contributed by atoms with Crippen LogP contribution in [0.15, 0.2) is 30.3 Å². The first-order chi connectivity index (χ1) is 6.30. The summed E-state index contributed by atoms with van der Waals surface area (Å²) in [6, 6.07) is 7.93. The zero-order valence-electron chi connectivity index (χ0n) is 6.70. The Balaban J connectivity index is 0.000000292. The van der Waals surface area contributed by atoms with Gasteiger partial charge in [0.2, 0.25) is 0 Å². The van der Waals surface area contributed by atoms with E-state index in [9.17, 15) is 10.1 Å². The molecule has 1 rings (SSSR count). The number of benzene rings is 1. The van der Waals surface area contributed by atoms with Crippen molar-refractivity contribution in [1.82, 2.24) is 0 Å². The lowest BCUT2D eigenvalue weighted by atomic mass is 10.3. The van der Waals surface area contributed by atoms with Crippen LogP contribution in [0.5, 0.6) is 0 Å². The molecule has 78 valence electrons. The Morgan fingerprint density at radius 1 is 1.29 bits per heavy atom. The molecule has 0 aliphatic heterocycles. The molecular formula is C6H6ClNO5S. The summed E-state index contributed by atoms with van der Waals surface area (Å²) >= 11 is 0. The van der Waals surface area contributed by atoms with Crippen LogP contribution < -0.4 is 0 Å². The molecule has 0 heterocycles. The third kappa shape index (κ3) is 8.91. The molecule has 0 atom stereocenters. The van der Waals surface area contributed by atoms with Gasteiger partial charge in [0.25, 0.3) is 5.69 Å². The smallest absolute Gasteiger partial charge is 0.273 e.